The lowest BCUT2D eigenvalue weighted by Gasteiger charge is -2.31. The van der Waals surface area contributed by atoms with E-state index in [4.69, 9.17) is 4.74 Å². The molecule has 2 unspecified atom stereocenters. The predicted molar refractivity (Wildman–Crippen MR) is 71.0 cm³/mol. The lowest BCUT2D eigenvalue weighted by atomic mass is 9.74. The Labute approximate surface area is 112 Å². The quantitative estimate of drug-likeness (QED) is 0.911. The number of methoxy groups -OCH3 is 1. The molecule has 2 atom stereocenters. The molecule has 0 saturated carbocycles. The second-order valence-electron chi connectivity index (χ2n) is 4.84. The molecule has 0 bridgehead atoms. The summed E-state index contributed by atoms with van der Waals surface area (Å²) in [6.07, 6.45) is 2.58. The highest BCUT2D eigenvalue weighted by molar-refractivity contribution is 5.40. The minimum absolute atomic E-state index is 0.423. The van der Waals surface area contributed by atoms with Crippen LogP contribution in [0.3, 0.4) is 0 Å². The maximum absolute atomic E-state index is 10.3. The van der Waals surface area contributed by atoms with E-state index < -0.39 is 6.10 Å². The van der Waals surface area contributed by atoms with E-state index in [9.17, 15) is 5.11 Å². The highest BCUT2D eigenvalue weighted by atomic mass is 16.5. The number of aromatic nitrogens is 2. The molecule has 1 aliphatic carbocycles. The Hall–Kier alpha value is -1.94. The minimum Gasteiger partial charge on any atom is -0.481 e. The predicted octanol–water partition coefficient (Wildman–Crippen LogP) is 2.25. The van der Waals surface area contributed by atoms with Crippen LogP contribution in [-0.4, -0.2) is 22.2 Å². The van der Waals surface area contributed by atoms with Crippen LogP contribution in [0, 0.1) is 0 Å². The van der Waals surface area contributed by atoms with Crippen LogP contribution in [0.25, 0.3) is 0 Å². The van der Waals surface area contributed by atoms with Crippen molar-refractivity contribution in [2.75, 3.05) is 7.11 Å². The van der Waals surface area contributed by atoms with Crippen molar-refractivity contribution in [3.8, 4) is 5.88 Å². The van der Waals surface area contributed by atoms with E-state index in [2.05, 4.69) is 28.2 Å². The number of fused-ring (bicyclic) bond motifs is 1. The van der Waals surface area contributed by atoms with Crippen LogP contribution in [0.4, 0.5) is 0 Å². The molecule has 98 valence electrons. The SMILES string of the molecule is COc1cc(C(O)CC2Cc3ccccc32)ncn1. The van der Waals surface area contributed by atoms with Gasteiger partial charge >= 0.3 is 0 Å². The van der Waals surface area contributed by atoms with Crippen LogP contribution in [0.15, 0.2) is 36.7 Å². The van der Waals surface area contributed by atoms with Gasteiger partial charge in [0.15, 0.2) is 0 Å². The number of nitrogens with zero attached hydrogens (tertiary/aromatic N) is 2. The molecule has 4 heteroatoms. The molecule has 0 fully saturated rings. The molecular weight excluding hydrogens is 240 g/mol. The van der Waals surface area contributed by atoms with Gasteiger partial charge in [0, 0.05) is 6.07 Å². The van der Waals surface area contributed by atoms with Crippen molar-refractivity contribution in [2.24, 2.45) is 0 Å². The van der Waals surface area contributed by atoms with Gasteiger partial charge in [-0.05, 0) is 29.9 Å². The van der Waals surface area contributed by atoms with E-state index in [1.807, 2.05) is 6.07 Å². The van der Waals surface area contributed by atoms with Crippen LogP contribution in [0.2, 0.25) is 0 Å². The molecule has 0 amide bonds. The molecule has 0 aliphatic heterocycles. The Kier molecular flexibility index (Phi) is 3.17. The third-order valence-corrected chi connectivity index (χ3v) is 3.68. The van der Waals surface area contributed by atoms with Crippen molar-refractivity contribution < 1.29 is 9.84 Å². The molecule has 0 spiro atoms. The van der Waals surface area contributed by atoms with Gasteiger partial charge in [0.05, 0.1) is 18.9 Å². The lowest BCUT2D eigenvalue weighted by molar-refractivity contribution is 0.148. The summed E-state index contributed by atoms with van der Waals surface area (Å²) in [5.41, 5.74) is 3.36. The zero-order valence-electron chi connectivity index (χ0n) is 10.8. The molecule has 1 N–H and O–H groups in total. The molecule has 0 saturated heterocycles. The first kappa shape index (κ1) is 12.1. The zero-order chi connectivity index (χ0) is 13.2. The number of aliphatic hydroxyl groups is 1. The average molecular weight is 256 g/mol. The van der Waals surface area contributed by atoms with E-state index in [1.54, 1.807) is 13.2 Å². The van der Waals surface area contributed by atoms with E-state index >= 15 is 0 Å². The van der Waals surface area contributed by atoms with Crippen molar-refractivity contribution in [1.29, 1.82) is 0 Å². The van der Waals surface area contributed by atoms with E-state index in [-0.39, 0.29) is 0 Å². The van der Waals surface area contributed by atoms with Gasteiger partial charge in [-0.3, -0.25) is 0 Å². The van der Waals surface area contributed by atoms with Crippen molar-refractivity contribution in [2.45, 2.75) is 24.9 Å². The third kappa shape index (κ3) is 2.31. The molecule has 1 aromatic carbocycles. The molecule has 19 heavy (non-hydrogen) atoms. The van der Waals surface area contributed by atoms with Crippen LogP contribution in [0.1, 0.15) is 35.3 Å². The fraction of sp³-hybridized carbons (Fsp3) is 0.333. The van der Waals surface area contributed by atoms with Gasteiger partial charge in [-0.15, -0.1) is 0 Å². The third-order valence-electron chi connectivity index (χ3n) is 3.68. The summed E-state index contributed by atoms with van der Waals surface area (Å²) in [6.45, 7) is 0. The number of aliphatic hydroxyl groups excluding tert-OH is 1. The van der Waals surface area contributed by atoms with E-state index in [0.717, 1.165) is 6.42 Å². The van der Waals surface area contributed by atoms with E-state index in [1.165, 1.54) is 17.5 Å². The monoisotopic (exact) mass is 256 g/mol. The molecule has 3 rings (SSSR count). The van der Waals surface area contributed by atoms with Crippen LogP contribution >= 0.6 is 0 Å². The maximum atomic E-state index is 10.3. The Balaban J connectivity index is 1.71. The van der Waals surface area contributed by atoms with Crippen molar-refractivity contribution in [1.82, 2.24) is 9.97 Å². The van der Waals surface area contributed by atoms with Gasteiger partial charge in [-0.2, -0.15) is 0 Å². The summed E-state index contributed by atoms with van der Waals surface area (Å²) in [5, 5.41) is 10.3. The zero-order valence-corrected chi connectivity index (χ0v) is 10.8. The van der Waals surface area contributed by atoms with Gasteiger partial charge in [0.1, 0.15) is 6.33 Å². The number of hydrogen-bond donors (Lipinski definition) is 1. The first-order valence-corrected chi connectivity index (χ1v) is 6.39. The lowest BCUT2D eigenvalue weighted by Crippen LogP contribution is -2.19. The molecule has 1 aromatic heterocycles. The van der Waals surface area contributed by atoms with Gasteiger partial charge in [-0.1, -0.05) is 24.3 Å². The Morgan fingerprint density at radius 3 is 3.00 bits per heavy atom. The average Bonchev–Trinajstić information content (AvgIpc) is 2.44. The summed E-state index contributed by atoms with van der Waals surface area (Å²) in [4.78, 5) is 8.06. The largest absolute Gasteiger partial charge is 0.481 e. The molecule has 4 nitrogen and oxygen atoms in total. The Morgan fingerprint density at radius 2 is 2.21 bits per heavy atom. The van der Waals surface area contributed by atoms with Crippen LogP contribution < -0.4 is 4.74 Å². The first-order valence-electron chi connectivity index (χ1n) is 6.39. The van der Waals surface area contributed by atoms with Crippen molar-refractivity contribution in [3.05, 3.63) is 53.5 Å². The van der Waals surface area contributed by atoms with Gasteiger partial charge < -0.3 is 9.84 Å². The van der Waals surface area contributed by atoms with Gasteiger partial charge in [0.25, 0.3) is 0 Å². The summed E-state index contributed by atoms with van der Waals surface area (Å²) in [6, 6.07) is 10.1. The fourth-order valence-corrected chi connectivity index (χ4v) is 2.61. The molecule has 1 aliphatic rings. The molecule has 1 heterocycles. The second kappa shape index (κ2) is 4.97. The van der Waals surface area contributed by atoms with E-state index in [0.29, 0.717) is 23.9 Å². The minimum atomic E-state index is -0.574. The van der Waals surface area contributed by atoms with Gasteiger partial charge in [-0.25, -0.2) is 9.97 Å². The summed E-state index contributed by atoms with van der Waals surface area (Å²) in [7, 11) is 1.56. The number of rotatable bonds is 4. The second-order valence-corrected chi connectivity index (χ2v) is 4.84. The standard InChI is InChI=1S/C15H16N2O2/c1-19-15-8-13(16-9-17-15)14(18)7-11-6-10-4-2-3-5-12(10)11/h2-5,8-9,11,14,18H,6-7H2,1H3. The Morgan fingerprint density at radius 1 is 1.37 bits per heavy atom. The summed E-state index contributed by atoms with van der Waals surface area (Å²) in [5.74, 6) is 0.908. The van der Waals surface area contributed by atoms with Crippen LogP contribution in [-0.2, 0) is 6.42 Å². The number of hydrogen-bond acceptors (Lipinski definition) is 4. The topological polar surface area (TPSA) is 55.2 Å². The molecule has 0 radical (unpaired) electrons. The number of ether oxygens (including phenoxy) is 1. The Bertz CT molecular complexity index is 586. The summed E-state index contributed by atoms with van der Waals surface area (Å²) >= 11 is 0. The number of benzene rings is 1. The molecular formula is C15H16N2O2. The van der Waals surface area contributed by atoms with Crippen LogP contribution in [0.5, 0.6) is 5.88 Å². The normalized spacial score (nSPS) is 18.3. The summed E-state index contributed by atoms with van der Waals surface area (Å²) < 4.78 is 5.04. The highest BCUT2D eigenvalue weighted by Gasteiger charge is 2.28. The maximum Gasteiger partial charge on any atom is 0.216 e. The van der Waals surface area contributed by atoms with Crippen molar-refractivity contribution in [3.63, 3.8) is 0 Å². The smallest absolute Gasteiger partial charge is 0.216 e. The van der Waals surface area contributed by atoms with Crippen molar-refractivity contribution >= 4 is 0 Å². The first-order chi connectivity index (χ1) is 9.28. The fourth-order valence-electron chi connectivity index (χ4n) is 2.61. The van der Waals surface area contributed by atoms with Gasteiger partial charge in [0.2, 0.25) is 5.88 Å². The molecule has 2 aromatic rings. The highest BCUT2D eigenvalue weighted by Crippen LogP contribution is 2.40.